The molecule has 7 heteroatoms. The van der Waals surface area contributed by atoms with Crippen LogP contribution in [0.5, 0.6) is 0 Å². The van der Waals surface area contributed by atoms with Crippen molar-refractivity contribution in [3.05, 3.63) is 130 Å². The summed E-state index contributed by atoms with van der Waals surface area (Å²) >= 11 is 0. The highest BCUT2D eigenvalue weighted by Gasteiger charge is 2.61. The standard InChI is InChI=1S/C35H28N2O5/c1-19-14-20(2)16-22(15-19)36-28(38)18-42-35(41)21-8-7-9-23(17-21)37-33(39)31-29-24-10-3-4-11-25(24)30(32(31)34(37)40)27-13-6-5-12-26(27)29/h3-17,29-32H,18H2,1-2H3,(H,36,38)/t29?,30?,31-,32+. The predicted molar refractivity (Wildman–Crippen MR) is 157 cm³/mol. The van der Waals surface area contributed by atoms with E-state index in [1.165, 1.54) is 11.0 Å². The van der Waals surface area contributed by atoms with Gasteiger partial charge in [-0.25, -0.2) is 9.69 Å². The lowest BCUT2D eigenvalue weighted by atomic mass is 9.55. The number of carbonyl (C=O) groups excluding carboxylic acids is 4. The van der Waals surface area contributed by atoms with Crippen molar-refractivity contribution in [1.29, 1.82) is 0 Å². The third-order valence-electron chi connectivity index (χ3n) is 8.63. The number of esters is 1. The Balaban J connectivity index is 1.13. The van der Waals surface area contributed by atoms with Crippen molar-refractivity contribution in [3.8, 4) is 0 Å². The van der Waals surface area contributed by atoms with Crippen molar-refractivity contribution in [3.63, 3.8) is 0 Å². The maximum absolute atomic E-state index is 14.0. The molecule has 4 aliphatic rings. The summed E-state index contributed by atoms with van der Waals surface area (Å²) in [5.74, 6) is -3.16. The van der Waals surface area contributed by atoms with Gasteiger partial charge in [0, 0.05) is 17.5 Å². The second-order valence-electron chi connectivity index (χ2n) is 11.3. The fraction of sp³-hybridized carbons (Fsp3) is 0.200. The lowest BCUT2D eigenvalue weighted by molar-refractivity contribution is -0.122. The van der Waals surface area contributed by atoms with Crippen molar-refractivity contribution in [1.82, 2.24) is 0 Å². The van der Waals surface area contributed by atoms with Crippen LogP contribution in [-0.4, -0.2) is 30.3 Å². The van der Waals surface area contributed by atoms with Crippen LogP contribution in [0.1, 0.15) is 55.6 Å². The number of amides is 3. The van der Waals surface area contributed by atoms with E-state index < -0.39 is 30.3 Å². The van der Waals surface area contributed by atoms with Gasteiger partial charge in [0.25, 0.3) is 5.91 Å². The number of aryl methyl sites for hydroxylation is 2. The Morgan fingerprint density at radius 2 is 1.24 bits per heavy atom. The molecule has 1 aliphatic heterocycles. The number of hydrogen-bond donors (Lipinski definition) is 1. The van der Waals surface area contributed by atoms with E-state index in [-0.39, 0.29) is 29.2 Å². The third kappa shape index (κ3) is 4.04. The number of nitrogens with one attached hydrogen (secondary N) is 1. The maximum atomic E-state index is 14.0. The van der Waals surface area contributed by atoms with Crippen LogP contribution in [0.15, 0.2) is 91.0 Å². The van der Waals surface area contributed by atoms with Gasteiger partial charge < -0.3 is 10.1 Å². The van der Waals surface area contributed by atoms with Crippen LogP contribution < -0.4 is 10.2 Å². The monoisotopic (exact) mass is 556 g/mol. The van der Waals surface area contributed by atoms with Crippen LogP contribution in [0.25, 0.3) is 0 Å². The molecule has 3 amide bonds. The summed E-state index contributed by atoms with van der Waals surface area (Å²) in [6.07, 6.45) is 0. The molecule has 0 radical (unpaired) electrons. The molecule has 0 saturated carbocycles. The first kappa shape index (κ1) is 25.9. The Hall–Kier alpha value is -5.04. The number of ether oxygens (including phenoxy) is 1. The quantitative estimate of drug-likeness (QED) is 0.259. The van der Waals surface area contributed by atoms with Crippen LogP contribution >= 0.6 is 0 Å². The van der Waals surface area contributed by atoms with Gasteiger partial charge in [-0.3, -0.25) is 14.4 Å². The average molecular weight is 557 g/mol. The van der Waals surface area contributed by atoms with E-state index >= 15 is 0 Å². The Kier molecular flexibility index (Phi) is 6.04. The molecule has 1 N–H and O–H groups in total. The average Bonchev–Trinajstić information content (AvgIpc) is 3.25. The minimum atomic E-state index is -0.719. The zero-order valence-corrected chi connectivity index (χ0v) is 23.2. The molecule has 4 aromatic carbocycles. The fourth-order valence-electron chi connectivity index (χ4n) is 7.16. The van der Waals surface area contributed by atoms with Gasteiger partial charge in [-0.05, 0) is 77.6 Å². The summed E-state index contributed by atoms with van der Waals surface area (Å²) in [5, 5.41) is 2.74. The van der Waals surface area contributed by atoms with Gasteiger partial charge >= 0.3 is 5.97 Å². The van der Waals surface area contributed by atoms with Crippen molar-refractivity contribution >= 4 is 35.1 Å². The Labute approximate surface area is 243 Å². The molecule has 1 heterocycles. The molecule has 3 aliphatic carbocycles. The van der Waals surface area contributed by atoms with E-state index in [0.29, 0.717) is 11.4 Å². The topological polar surface area (TPSA) is 92.8 Å². The van der Waals surface area contributed by atoms with Gasteiger partial charge in [0.15, 0.2) is 6.61 Å². The fourth-order valence-corrected chi connectivity index (χ4v) is 7.16. The smallest absolute Gasteiger partial charge is 0.338 e. The predicted octanol–water partition coefficient (Wildman–Crippen LogP) is 5.50. The Morgan fingerprint density at radius 1 is 0.714 bits per heavy atom. The molecule has 1 saturated heterocycles. The maximum Gasteiger partial charge on any atom is 0.338 e. The minimum Gasteiger partial charge on any atom is -0.452 e. The van der Waals surface area contributed by atoms with Crippen molar-refractivity contribution in [2.24, 2.45) is 11.8 Å². The number of imide groups is 1. The molecule has 208 valence electrons. The summed E-state index contributed by atoms with van der Waals surface area (Å²) in [7, 11) is 0. The molecule has 2 bridgehead atoms. The SMILES string of the molecule is Cc1cc(C)cc(NC(=O)COC(=O)c2cccc(N3C(=O)[C@@H]4C5c6ccccc6C(c6ccccc65)[C@@H]4C3=O)c2)c1. The lowest BCUT2D eigenvalue weighted by Gasteiger charge is -2.45. The molecule has 8 rings (SSSR count). The van der Waals surface area contributed by atoms with E-state index in [0.717, 1.165) is 33.4 Å². The molecule has 4 aromatic rings. The number of anilines is 2. The van der Waals surface area contributed by atoms with Crippen LogP contribution in [0, 0.1) is 25.7 Å². The molecular formula is C35H28N2O5. The van der Waals surface area contributed by atoms with Gasteiger partial charge in [0.2, 0.25) is 11.8 Å². The van der Waals surface area contributed by atoms with E-state index in [4.69, 9.17) is 4.74 Å². The zero-order chi connectivity index (χ0) is 29.1. The zero-order valence-electron chi connectivity index (χ0n) is 23.2. The summed E-state index contributed by atoms with van der Waals surface area (Å²) in [4.78, 5) is 54.6. The third-order valence-corrected chi connectivity index (χ3v) is 8.63. The lowest BCUT2D eigenvalue weighted by Crippen LogP contribution is -2.41. The number of hydrogen-bond acceptors (Lipinski definition) is 5. The molecule has 2 atom stereocenters. The summed E-state index contributed by atoms with van der Waals surface area (Å²) in [6, 6.07) is 28.1. The van der Waals surface area contributed by atoms with Crippen LogP contribution in [0.4, 0.5) is 11.4 Å². The largest absolute Gasteiger partial charge is 0.452 e. The second kappa shape index (κ2) is 9.80. The second-order valence-corrected chi connectivity index (χ2v) is 11.3. The first-order valence-corrected chi connectivity index (χ1v) is 14.0. The van der Waals surface area contributed by atoms with Gasteiger partial charge in [-0.2, -0.15) is 0 Å². The number of nitrogens with zero attached hydrogens (tertiary/aromatic N) is 1. The highest BCUT2D eigenvalue weighted by Crippen LogP contribution is 2.61. The van der Waals surface area contributed by atoms with Crippen LogP contribution in [0.2, 0.25) is 0 Å². The van der Waals surface area contributed by atoms with Crippen molar-refractivity contribution in [2.45, 2.75) is 25.7 Å². The summed E-state index contributed by atoms with van der Waals surface area (Å²) in [6.45, 7) is 3.40. The van der Waals surface area contributed by atoms with E-state index in [2.05, 4.69) is 29.6 Å². The molecular weight excluding hydrogens is 528 g/mol. The van der Waals surface area contributed by atoms with Gasteiger partial charge in [-0.15, -0.1) is 0 Å². The molecule has 0 unspecified atom stereocenters. The van der Waals surface area contributed by atoms with Gasteiger partial charge in [0.1, 0.15) is 0 Å². The molecule has 7 nitrogen and oxygen atoms in total. The Bertz CT molecular complexity index is 1680. The highest BCUT2D eigenvalue weighted by molar-refractivity contribution is 6.23. The van der Waals surface area contributed by atoms with Gasteiger partial charge in [-0.1, -0.05) is 60.7 Å². The van der Waals surface area contributed by atoms with Gasteiger partial charge in [0.05, 0.1) is 23.1 Å². The van der Waals surface area contributed by atoms with Crippen LogP contribution in [0.3, 0.4) is 0 Å². The van der Waals surface area contributed by atoms with Crippen molar-refractivity contribution < 1.29 is 23.9 Å². The summed E-state index contributed by atoms with van der Waals surface area (Å²) < 4.78 is 5.28. The number of carbonyl (C=O) groups is 4. The van der Waals surface area contributed by atoms with Crippen LogP contribution in [-0.2, 0) is 19.1 Å². The first-order valence-electron chi connectivity index (χ1n) is 14.0. The van der Waals surface area contributed by atoms with Crippen molar-refractivity contribution in [2.75, 3.05) is 16.8 Å². The van der Waals surface area contributed by atoms with E-state index in [1.807, 2.05) is 56.3 Å². The molecule has 42 heavy (non-hydrogen) atoms. The summed E-state index contributed by atoms with van der Waals surface area (Å²) in [5.41, 5.74) is 7.50. The van der Waals surface area contributed by atoms with E-state index in [9.17, 15) is 19.2 Å². The Morgan fingerprint density at radius 3 is 1.76 bits per heavy atom. The molecule has 1 fully saturated rings. The minimum absolute atomic E-state index is 0.150. The van der Waals surface area contributed by atoms with E-state index in [1.54, 1.807) is 18.2 Å². The number of rotatable bonds is 5. The number of benzene rings is 4. The molecule has 0 spiro atoms. The highest BCUT2D eigenvalue weighted by atomic mass is 16.5. The normalized spacial score (nSPS) is 21.4. The first-order chi connectivity index (χ1) is 20.3. The molecule has 0 aromatic heterocycles.